The number of nitrogens with one attached hydrogen (secondary N) is 1. The summed E-state index contributed by atoms with van der Waals surface area (Å²) in [5.74, 6) is 0.706. The van der Waals surface area contributed by atoms with Crippen molar-refractivity contribution in [3.8, 4) is 5.75 Å². The molecular weight excluding hydrogens is 342 g/mol. The van der Waals surface area contributed by atoms with E-state index >= 15 is 0 Å². The summed E-state index contributed by atoms with van der Waals surface area (Å²) in [7, 11) is 0. The molecule has 0 bridgehead atoms. The molecule has 2 aromatic carbocycles. The maximum Gasteiger partial charge on any atom is 0.251 e. The Morgan fingerprint density at radius 2 is 1.93 bits per heavy atom. The summed E-state index contributed by atoms with van der Waals surface area (Å²) >= 11 is 0. The lowest BCUT2D eigenvalue weighted by Crippen LogP contribution is -2.27. The van der Waals surface area contributed by atoms with E-state index in [0.29, 0.717) is 31.9 Å². The highest BCUT2D eigenvalue weighted by Gasteiger charge is 2.15. The number of para-hydroxylation sites is 1. The van der Waals surface area contributed by atoms with Crippen LogP contribution in [-0.2, 0) is 16.1 Å². The van der Waals surface area contributed by atoms with Gasteiger partial charge in [0.2, 0.25) is 0 Å². The Kier molecular flexibility index (Phi) is 7.69. The van der Waals surface area contributed by atoms with Crippen LogP contribution in [0.4, 0.5) is 0 Å². The van der Waals surface area contributed by atoms with E-state index in [0.717, 1.165) is 37.2 Å². The first kappa shape index (κ1) is 19.4. The van der Waals surface area contributed by atoms with E-state index in [2.05, 4.69) is 5.32 Å². The standard InChI is InChI=1S/C22H27NO4/c24-22(23-13-7-14-25-17-20-11-6-15-26-20)21-12-5-4-8-18(21)16-27-19-9-2-1-3-10-19/h1-5,8-10,12,20H,6-7,11,13-17H2,(H,23,24). The van der Waals surface area contributed by atoms with Crippen molar-refractivity contribution in [3.63, 3.8) is 0 Å². The Balaban J connectivity index is 1.39. The van der Waals surface area contributed by atoms with E-state index < -0.39 is 0 Å². The monoisotopic (exact) mass is 369 g/mol. The summed E-state index contributed by atoms with van der Waals surface area (Å²) in [4.78, 5) is 12.5. The van der Waals surface area contributed by atoms with Crippen molar-refractivity contribution in [2.75, 3.05) is 26.4 Å². The molecule has 5 nitrogen and oxygen atoms in total. The molecule has 1 amide bonds. The Morgan fingerprint density at radius 1 is 1.11 bits per heavy atom. The maximum atomic E-state index is 12.5. The van der Waals surface area contributed by atoms with Crippen molar-refractivity contribution in [2.24, 2.45) is 0 Å². The first-order valence-electron chi connectivity index (χ1n) is 9.56. The molecule has 0 spiro atoms. The largest absolute Gasteiger partial charge is 0.489 e. The molecule has 2 aromatic rings. The van der Waals surface area contributed by atoms with E-state index in [4.69, 9.17) is 14.2 Å². The third-order valence-electron chi connectivity index (χ3n) is 4.48. The van der Waals surface area contributed by atoms with Gasteiger partial charge in [0.05, 0.1) is 12.7 Å². The number of benzene rings is 2. The lowest BCUT2D eigenvalue weighted by Gasteiger charge is -2.12. The van der Waals surface area contributed by atoms with Gasteiger partial charge in [0.25, 0.3) is 5.91 Å². The number of carbonyl (C=O) groups excluding carboxylic acids is 1. The zero-order chi connectivity index (χ0) is 18.7. The quantitative estimate of drug-likeness (QED) is 0.651. The molecule has 1 heterocycles. The minimum Gasteiger partial charge on any atom is -0.489 e. The molecule has 1 fully saturated rings. The predicted molar refractivity (Wildman–Crippen MR) is 104 cm³/mol. The molecule has 3 rings (SSSR count). The molecule has 27 heavy (non-hydrogen) atoms. The van der Waals surface area contributed by atoms with Crippen LogP contribution in [0.15, 0.2) is 54.6 Å². The van der Waals surface area contributed by atoms with E-state index in [1.807, 2.05) is 54.6 Å². The molecule has 1 aliphatic heterocycles. The number of carbonyl (C=O) groups is 1. The van der Waals surface area contributed by atoms with Gasteiger partial charge in [0, 0.05) is 30.9 Å². The summed E-state index contributed by atoms with van der Waals surface area (Å²) < 4.78 is 16.9. The smallest absolute Gasteiger partial charge is 0.251 e. The number of hydrogen-bond donors (Lipinski definition) is 1. The SMILES string of the molecule is O=C(NCCCOCC1CCCO1)c1ccccc1COc1ccccc1. The minimum atomic E-state index is -0.0820. The molecule has 0 aromatic heterocycles. The van der Waals surface area contributed by atoms with Crippen molar-refractivity contribution in [2.45, 2.75) is 32.0 Å². The molecule has 1 aliphatic rings. The summed E-state index contributed by atoms with van der Waals surface area (Å²) in [6.45, 7) is 3.06. The fourth-order valence-electron chi connectivity index (χ4n) is 3.01. The predicted octanol–water partition coefficient (Wildman–Crippen LogP) is 3.58. The molecule has 1 atom stereocenters. The summed E-state index contributed by atoms with van der Waals surface area (Å²) in [6.07, 6.45) is 3.23. The van der Waals surface area contributed by atoms with Crippen LogP contribution in [0.25, 0.3) is 0 Å². The average Bonchev–Trinajstić information content (AvgIpc) is 3.23. The normalized spacial score (nSPS) is 16.2. The molecule has 5 heteroatoms. The number of amides is 1. The van der Waals surface area contributed by atoms with Gasteiger partial charge in [-0.15, -0.1) is 0 Å². The van der Waals surface area contributed by atoms with E-state index in [9.17, 15) is 4.79 Å². The summed E-state index contributed by atoms with van der Waals surface area (Å²) in [5.41, 5.74) is 1.52. The second kappa shape index (κ2) is 10.7. The molecule has 1 N–H and O–H groups in total. The summed E-state index contributed by atoms with van der Waals surface area (Å²) in [6, 6.07) is 17.1. The maximum absolute atomic E-state index is 12.5. The second-order valence-corrected chi connectivity index (χ2v) is 6.58. The molecule has 1 saturated heterocycles. The molecular formula is C22H27NO4. The van der Waals surface area contributed by atoms with Crippen molar-refractivity contribution < 1.29 is 19.0 Å². The first-order valence-corrected chi connectivity index (χ1v) is 9.56. The minimum absolute atomic E-state index is 0.0820. The highest BCUT2D eigenvalue weighted by molar-refractivity contribution is 5.95. The van der Waals surface area contributed by atoms with Crippen LogP contribution < -0.4 is 10.1 Å². The molecule has 0 aliphatic carbocycles. The summed E-state index contributed by atoms with van der Waals surface area (Å²) in [5, 5.41) is 2.96. The van der Waals surface area contributed by atoms with Crippen LogP contribution in [0.3, 0.4) is 0 Å². The lowest BCUT2D eigenvalue weighted by molar-refractivity contribution is 0.0166. The van der Waals surface area contributed by atoms with Gasteiger partial charge in [-0.3, -0.25) is 4.79 Å². The van der Waals surface area contributed by atoms with Gasteiger partial charge in [0.15, 0.2) is 0 Å². The second-order valence-electron chi connectivity index (χ2n) is 6.58. The average molecular weight is 369 g/mol. The molecule has 144 valence electrons. The number of ether oxygens (including phenoxy) is 3. The van der Waals surface area contributed by atoms with Crippen LogP contribution >= 0.6 is 0 Å². The van der Waals surface area contributed by atoms with Gasteiger partial charge in [-0.2, -0.15) is 0 Å². The van der Waals surface area contributed by atoms with Crippen molar-refractivity contribution in [3.05, 3.63) is 65.7 Å². The van der Waals surface area contributed by atoms with E-state index in [-0.39, 0.29) is 12.0 Å². The number of hydrogen-bond acceptors (Lipinski definition) is 4. The van der Waals surface area contributed by atoms with Crippen LogP contribution in [-0.4, -0.2) is 38.4 Å². The van der Waals surface area contributed by atoms with Crippen molar-refractivity contribution in [1.82, 2.24) is 5.32 Å². The van der Waals surface area contributed by atoms with Crippen molar-refractivity contribution in [1.29, 1.82) is 0 Å². The highest BCUT2D eigenvalue weighted by Crippen LogP contribution is 2.15. The van der Waals surface area contributed by atoms with Crippen molar-refractivity contribution >= 4 is 5.91 Å². The Morgan fingerprint density at radius 3 is 2.74 bits per heavy atom. The first-order chi connectivity index (χ1) is 13.3. The van der Waals surface area contributed by atoms with Crippen LogP contribution in [0.1, 0.15) is 35.2 Å². The topological polar surface area (TPSA) is 56.8 Å². The van der Waals surface area contributed by atoms with Crippen LogP contribution in [0.5, 0.6) is 5.75 Å². The van der Waals surface area contributed by atoms with Crippen LogP contribution in [0.2, 0.25) is 0 Å². The zero-order valence-electron chi connectivity index (χ0n) is 15.6. The van der Waals surface area contributed by atoms with Gasteiger partial charge in [-0.1, -0.05) is 36.4 Å². The van der Waals surface area contributed by atoms with Crippen LogP contribution in [0, 0.1) is 0 Å². The Bertz CT molecular complexity index is 698. The molecule has 0 saturated carbocycles. The molecule has 0 radical (unpaired) electrons. The van der Waals surface area contributed by atoms with E-state index in [1.165, 1.54) is 0 Å². The van der Waals surface area contributed by atoms with Gasteiger partial charge in [-0.25, -0.2) is 0 Å². The Labute approximate surface area is 160 Å². The zero-order valence-corrected chi connectivity index (χ0v) is 15.6. The van der Waals surface area contributed by atoms with Gasteiger partial charge < -0.3 is 19.5 Å². The fraction of sp³-hybridized carbons (Fsp3) is 0.409. The van der Waals surface area contributed by atoms with E-state index in [1.54, 1.807) is 0 Å². The highest BCUT2D eigenvalue weighted by atomic mass is 16.5. The van der Waals surface area contributed by atoms with Gasteiger partial charge >= 0.3 is 0 Å². The number of rotatable bonds is 10. The van der Waals surface area contributed by atoms with Gasteiger partial charge in [-0.05, 0) is 37.5 Å². The Hall–Kier alpha value is -2.37. The third kappa shape index (κ3) is 6.38. The molecule has 1 unspecified atom stereocenters. The lowest BCUT2D eigenvalue weighted by atomic mass is 10.1. The van der Waals surface area contributed by atoms with Gasteiger partial charge in [0.1, 0.15) is 12.4 Å². The fourth-order valence-corrected chi connectivity index (χ4v) is 3.01. The third-order valence-corrected chi connectivity index (χ3v) is 4.48.